The predicted octanol–water partition coefficient (Wildman–Crippen LogP) is 3.08. The summed E-state index contributed by atoms with van der Waals surface area (Å²) in [5.74, 6) is -0.260. The minimum absolute atomic E-state index is 0.0539. The van der Waals surface area contributed by atoms with Crippen molar-refractivity contribution in [3.05, 3.63) is 35.6 Å². The van der Waals surface area contributed by atoms with Crippen molar-refractivity contribution in [3.63, 3.8) is 0 Å². The first-order chi connectivity index (χ1) is 8.20. The molecule has 0 radical (unpaired) electrons. The Morgan fingerprint density at radius 2 is 2.18 bits per heavy atom. The molecule has 0 aliphatic carbocycles. The van der Waals surface area contributed by atoms with E-state index in [9.17, 15) is 4.39 Å². The van der Waals surface area contributed by atoms with Crippen LogP contribution in [0.1, 0.15) is 18.9 Å². The summed E-state index contributed by atoms with van der Waals surface area (Å²) in [6.07, 6.45) is 0.373. The van der Waals surface area contributed by atoms with Gasteiger partial charge in [-0.15, -0.1) is 0 Å². The first-order valence-corrected chi connectivity index (χ1v) is 6.37. The Bertz CT molecular complexity index is 407. The third-order valence-corrected chi connectivity index (χ3v) is 3.26. The summed E-state index contributed by atoms with van der Waals surface area (Å²) < 4.78 is 18.1. The Morgan fingerprint density at radius 3 is 2.76 bits per heavy atom. The van der Waals surface area contributed by atoms with E-state index in [1.54, 1.807) is 12.1 Å². The number of ether oxygens (including phenoxy) is 1. The Kier molecular flexibility index (Phi) is 4.12. The smallest absolute Gasteiger partial charge is 0.228 e. The fourth-order valence-electron chi connectivity index (χ4n) is 1.63. The largest absolute Gasteiger partial charge is 0.363 e. The fourth-order valence-corrected chi connectivity index (χ4v) is 2.29. The SMILES string of the molecule is CCO[C@@H]1C[C@H](Br)C(c2ccc(F)cc2)=NO1. The van der Waals surface area contributed by atoms with Crippen molar-refractivity contribution in [3.8, 4) is 0 Å². The molecule has 0 saturated carbocycles. The number of hydrogen-bond acceptors (Lipinski definition) is 3. The summed E-state index contributed by atoms with van der Waals surface area (Å²) in [4.78, 5) is 5.28. The van der Waals surface area contributed by atoms with Crippen LogP contribution in [-0.2, 0) is 9.57 Å². The summed E-state index contributed by atoms with van der Waals surface area (Å²) in [5, 5.41) is 4.03. The molecule has 0 bridgehead atoms. The molecule has 2 rings (SSSR count). The molecule has 0 N–H and O–H groups in total. The maximum Gasteiger partial charge on any atom is 0.228 e. The number of nitrogens with zero attached hydrogens (tertiary/aromatic N) is 1. The number of halogens is 2. The monoisotopic (exact) mass is 301 g/mol. The van der Waals surface area contributed by atoms with Gasteiger partial charge in [-0.25, -0.2) is 4.39 Å². The van der Waals surface area contributed by atoms with Crippen molar-refractivity contribution >= 4 is 21.6 Å². The zero-order valence-electron chi connectivity index (χ0n) is 9.40. The van der Waals surface area contributed by atoms with Crippen LogP contribution in [0.3, 0.4) is 0 Å². The van der Waals surface area contributed by atoms with E-state index < -0.39 is 0 Å². The van der Waals surface area contributed by atoms with Crippen molar-refractivity contribution in [2.24, 2.45) is 5.16 Å². The Labute approximate surface area is 108 Å². The van der Waals surface area contributed by atoms with Crippen LogP contribution in [0, 0.1) is 5.82 Å². The van der Waals surface area contributed by atoms with Gasteiger partial charge in [0.2, 0.25) is 6.29 Å². The second-order valence-corrected chi connectivity index (χ2v) is 4.78. The van der Waals surface area contributed by atoms with Crippen LogP contribution in [0.25, 0.3) is 0 Å². The molecule has 2 atom stereocenters. The van der Waals surface area contributed by atoms with Crippen molar-refractivity contribution in [2.75, 3.05) is 6.61 Å². The molecule has 17 heavy (non-hydrogen) atoms. The quantitative estimate of drug-likeness (QED) is 0.803. The molecule has 1 aromatic rings. The Morgan fingerprint density at radius 1 is 1.47 bits per heavy atom. The van der Waals surface area contributed by atoms with Crippen molar-refractivity contribution in [1.82, 2.24) is 0 Å². The molecule has 0 spiro atoms. The molecular formula is C12H13BrFNO2. The third kappa shape index (κ3) is 3.04. The van der Waals surface area contributed by atoms with E-state index in [-0.39, 0.29) is 16.9 Å². The van der Waals surface area contributed by atoms with Crippen molar-refractivity contribution < 1.29 is 14.0 Å². The number of rotatable bonds is 3. The lowest BCUT2D eigenvalue weighted by Crippen LogP contribution is -2.30. The summed E-state index contributed by atoms with van der Waals surface area (Å²) in [6.45, 7) is 2.50. The van der Waals surface area contributed by atoms with Crippen LogP contribution in [0.15, 0.2) is 29.4 Å². The van der Waals surface area contributed by atoms with Crippen molar-refractivity contribution in [2.45, 2.75) is 24.5 Å². The minimum Gasteiger partial charge on any atom is -0.363 e. The van der Waals surface area contributed by atoms with Crippen LogP contribution in [0.5, 0.6) is 0 Å². The van der Waals surface area contributed by atoms with Gasteiger partial charge in [-0.2, -0.15) is 0 Å². The second kappa shape index (κ2) is 5.60. The highest BCUT2D eigenvalue weighted by Crippen LogP contribution is 2.23. The van der Waals surface area contributed by atoms with Crippen LogP contribution in [-0.4, -0.2) is 23.4 Å². The van der Waals surface area contributed by atoms with Gasteiger partial charge in [0.25, 0.3) is 0 Å². The van der Waals surface area contributed by atoms with Gasteiger partial charge in [0.15, 0.2) is 0 Å². The van der Waals surface area contributed by atoms with Gasteiger partial charge in [-0.05, 0) is 19.1 Å². The van der Waals surface area contributed by atoms with Crippen LogP contribution < -0.4 is 0 Å². The summed E-state index contributed by atoms with van der Waals surface area (Å²) >= 11 is 3.54. The maximum atomic E-state index is 12.8. The van der Waals surface area contributed by atoms with Crippen LogP contribution in [0.4, 0.5) is 4.39 Å². The maximum absolute atomic E-state index is 12.8. The van der Waals surface area contributed by atoms with Gasteiger partial charge in [0.05, 0.1) is 4.83 Å². The molecule has 1 aliphatic heterocycles. The standard InChI is InChI=1S/C12H13BrFNO2/c1-2-16-11-7-10(13)12(15-17-11)8-3-5-9(14)6-4-8/h3-6,10-11H,2,7H2,1H3/t10-,11-/m0/s1. The fraction of sp³-hybridized carbons (Fsp3) is 0.417. The molecule has 0 fully saturated rings. The van der Waals surface area contributed by atoms with Crippen molar-refractivity contribution in [1.29, 1.82) is 0 Å². The van der Waals surface area contributed by atoms with Gasteiger partial charge in [0, 0.05) is 18.6 Å². The lowest BCUT2D eigenvalue weighted by molar-refractivity contribution is -0.145. The van der Waals surface area contributed by atoms with Gasteiger partial charge >= 0.3 is 0 Å². The average molecular weight is 302 g/mol. The minimum atomic E-state index is -0.312. The molecule has 0 amide bonds. The molecule has 5 heteroatoms. The summed E-state index contributed by atoms with van der Waals surface area (Å²) in [6, 6.07) is 6.19. The first kappa shape index (κ1) is 12.5. The van der Waals surface area contributed by atoms with Gasteiger partial charge in [-0.3, -0.25) is 0 Å². The molecule has 1 aromatic carbocycles. The average Bonchev–Trinajstić information content (AvgIpc) is 2.31. The third-order valence-electron chi connectivity index (χ3n) is 2.46. The molecular weight excluding hydrogens is 289 g/mol. The predicted molar refractivity (Wildman–Crippen MR) is 66.8 cm³/mol. The number of oxime groups is 1. The molecule has 0 saturated heterocycles. The van der Waals surface area contributed by atoms with E-state index >= 15 is 0 Å². The zero-order valence-corrected chi connectivity index (χ0v) is 11.0. The molecule has 3 nitrogen and oxygen atoms in total. The van der Waals surface area contributed by atoms with Gasteiger partial charge < -0.3 is 9.57 Å². The lowest BCUT2D eigenvalue weighted by Gasteiger charge is -2.24. The molecule has 0 unspecified atom stereocenters. The van der Waals surface area contributed by atoms with Gasteiger partial charge in [-0.1, -0.05) is 33.2 Å². The summed E-state index contributed by atoms with van der Waals surface area (Å²) in [5.41, 5.74) is 1.61. The molecule has 92 valence electrons. The lowest BCUT2D eigenvalue weighted by atomic mass is 10.0. The first-order valence-electron chi connectivity index (χ1n) is 5.46. The van der Waals surface area contributed by atoms with E-state index in [1.807, 2.05) is 6.92 Å². The van der Waals surface area contributed by atoms with E-state index in [2.05, 4.69) is 21.1 Å². The molecule has 1 aliphatic rings. The number of benzene rings is 1. The second-order valence-electron chi connectivity index (χ2n) is 3.68. The van der Waals surface area contributed by atoms with Gasteiger partial charge in [0.1, 0.15) is 11.5 Å². The molecule has 1 heterocycles. The Hall–Kier alpha value is -0.940. The highest BCUT2D eigenvalue weighted by molar-refractivity contribution is 9.10. The highest BCUT2D eigenvalue weighted by Gasteiger charge is 2.26. The highest BCUT2D eigenvalue weighted by atomic mass is 79.9. The van der Waals surface area contributed by atoms with E-state index in [1.165, 1.54) is 12.1 Å². The zero-order chi connectivity index (χ0) is 12.3. The molecule has 0 aromatic heterocycles. The summed E-state index contributed by atoms with van der Waals surface area (Å²) in [7, 11) is 0. The number of hydrogen-bond donors (Lipinski definition) is 0. The van der Waals surface area contributed by atoms with E-state index in [4.69, 9.17) is 9.57 Å². The Balaban J connectivity index is 2.14. The van der Waals surface area contributed by atoms with E-state index in [0.29, 0.717) is 13.0 Å². The normalized spacial score (nSPS) is 24.1. The van der Waals surface area contributed by atoms with E-state index in [0.717, 1.165) is 11.3 Å². The number of alkyl halides is 1. The topological polar surface area (TPSA) is 30.8 Å². The van der Waals surface area contributed by atoms with Crippen LogP contribution in [0.2, 0.25) is 0 Å². The van der Waals surface area contributed by atoms with Crippen LogP contribution >= 0.6 is 15.9 Å².